The Morgan fingerprint density at radius 2 is 1.62 bits per heavy atom. The zero-order valence-corrected chi connectivity index (χ0v) is 16.7. The van der Waals surface area contributed by atoms with Gasteiger partial charge in [0.1, 0.15) is 23.9 Å². The Morgan fingerprint density at radius 1 is 0.828 bits per heavy atom. The van der Waals surface area contributed by atoms with Crippen LogP contribution in [0.3, 0.4) is 0 Å². The van der Waals surface area contributed by atoms with Crippen LogP contribution in [-0.2, 0) is 24.4 Å². The molecule has 0 atom stereocenters. The van der Waals surface area contributed by atoms with Crippen LogP contribution in [0.4, 0.5) is 0 Å². The molecule has 0 aromatic heterocycles. The highest BCUT2D eigenvalue weighted by Crippen LogP contribution is 2.24. The molecular weight excluding hydrogens is 366 g/mol. The Morgan fingerprint density at radius 3 is 2.38 bits per heavy atom. The first kappa shape index (κ1) is 20.3. The summed E-state index contributed by atoms with van der Waals surface area (Å²) in [5.41, 5.74) is 2.87. The molecule has 0 bridgehead atoms. The van der Waals surface area contributed by atoms with E-state index >= 15 is 0 Å². The van der Waals surface area contributed by atoms with Gasteiger partial charge in [0.2, 0.25) is 5.91 Å². The molecule has 0 heterocycles. The molecular formula is C24H25NO4. The second kappa shape index (κ2) is 10.2. The smallest absolute Gasteiger partial charge is 0.224 e. The van der Waals surface area contributed by atoms with E-state index in [0.29, 0.717) is 24.7 Å². The number of carbonyl (C=O) groups excluding carboxylic acids is 1. The fourth-order valence-electron chi connectivity index (χ4n) is 2.94. The lowest BCUT2D eigenvalue weighted by atomic mass is 10.1. The van der Waals surface area contributed by atoms with E-state index in [-0.39, 0.29) is 12.3 Å². The van der Waals surface area contributed by atoms with Crippen molar-refractivity contribution >= 4 is 5.91 Å². The van der Waals surface area contributed by atoms with E-state index in [1.54, 1.807) is 26.4 Å². The summed E-state index contributed by atoms with van der Waals surface area (Å²) in [4.78, 5) is 12.4. The van der Waals surface area contributed by atoms with Crippen LogP contribution in [0.5, 0.6) is 17.2 Å². The van der Waals surface area contributed by atoms with E-state index in [1.807, 2.05) is 60.7 Å². The molecule has 29 heavy (non-hydrogen) atoms. The number of carbonyl (C=O) groups is 1. The van der Waals surface area contributed by atoms with Crippen molar-refractivity contribution in [2.45, 2.75) is 19.6 Å². The highest BCUT2D eigenvalue weighted by atomic mass is 16.5. The van der Waals surface area contributed by atoms with E-state index in [1.165, 1.54) is 0 Å². The summed E-state index contributed by atoms with van der Waals surface area (Å²) >= 11 is 0. The van der Waals surface area contributed by atoms with Gasteiger partial charge in [0.25, 0.3) is 0 Å². The molecule has 3 rings (SSSR count). The van der Waals surface area contributed by atoms with Crippen LogP contribution in [0.2, 0.25) is 0 Å². The fraction of sp³-hybridized carbons (Fsp3) is 0.208. The fourth-order valence-corrected chi connectivity index (χ4v) is 2.94. The first-order chi connectivity index (χ1) is 14.2. The van der Waals surface area contributed by atoms with Crippen LogP contribution in [0.25, 0.3) is 0 Å². The highest BCUT2D eigenvalue weighted by molar-refractivity contribution is 5.79. The maximum absolute atomic E-state index is 12.4. The molecule has 0 aliphatic carbocycles. The van der Waals surface area contributed by atoms with Crippen LogP contribution in [0, 0.1) is 0 Å². The lowest BCUT2D eigenvalue weighted by Gasteiger charge is -2.11. The van der Waals surface area contributed by atoms with Gasteiger partial charge in [-0.3, -0.25) is 4.79 Å². The van der Waals surface area contributed by atoms with Gasteiger partial charge in [0.05, 0.1) is 20.6 Å². The number of hydrogen-bond donors (Lipinski definition) is 1. The molecule has 3 aromatic rings. The van der Waals surface area contributed by atoms with Gasteiger partial charge in [-0.15, -0.1) is 0 Å². The van der Waals surface area contributed by atoms with Crippen molar-refractivity contribution < 1.29 is 19.0 Å². The molecule has 3 aromatic carbocycles. The molecule has 5 heteroatoms. The third kappa shape index (κ3) is 6.01. The van der Waals surface area contributed by atoms with Gasteiger partial charge in [-0.2, -0.15) is 0 Å². The third-order valence-corrected chi connectivity index (χ3v) is 4.48. The quantitative estimate of drug-likeness (QED) is 0.596. The molecule has 0 spiro atoms. The van der Waals surface area contributed by atoms with Gasteiger partial charge in [-0.05, 0) is 41.5 Å². The third-order valence-electron chi connectivity index (χ3n) is 4.48. The van der Waals surface area contributed by atoms with Crippen molar-refractivity contribution in [2.75, 3.05) is 14.2 Å². The molecule has 5 nitrogen and oxygen atoms in total. The first-order valence-electron chi connectivity index (χ1n) is 9.41. The Kier molecular flexibility index (Phi) is 7.11. The number of hydrogen-bond acceptors (Lipinski definition) is 4. The number of methoxy groups -OCH3 is 2. The predicted molar refractivity (Wildman–Crippen MR) is 112 cm³/mol. The normalized spacial score (nSPS) is 10.3. The predicted octanol–water partition coefficient (Wildman–Crippen LogP) is 4.14. The Balaban J connectivity index is 1.55. The molecule has 0 saturated carbocycles. The first-order valence-corrected chi connectivity index (χ1v) is 9.41. The summed E-state index contributed by atoms with van der Waals surface area (Å²) in [7, 11) is 3.18. The van der Waals surface area contributed by atoms with Gasteiger partial charge in [0.15, 0.2) is 0 Å². The standard InChI is InChI=1S/C24H25NO4/c1-27-21-11-12-23(28-2)20(14-21)15-24(26)25-16-19-9-6-10-22(13-19)29-17-18-7-4-3-5-8-18/h3-14H,15-17H2,1-2H3,(H,25,26). The summed E-state index contributed by atoms with van der Waals surface area (Å²) in [5, 5.41) is 2.95. The van der Waals surface area contributed by atoms with Gasteiger partial charge >= 0.3 is 0 Å². The summed E-state index contributed by atoms with van der Waals surface area (Å²) < 4.78 is 16.4. The van der Waals surface area contributed by atoms with Gasteiger partial charge in [-0.1, -0.05) is 42.5 Å². The van der Waals surface area contributed by atoms with E-state index in [9.17, 15) is 4.79 Å². The average Bonchev–Trinajstić information content (AvgIpc) is 2.77. The molecule has 0 radical (unpaired) electrons. The van der Waals surface area contributed by atoms with Crippen molar-refractivity contribution in [3.05, 3.63) is 89.5 Å². The minimum Gasteiger partial charge on any atom is -0.497 e. The molecule has 150 valence electrons. The summed E-state index contributed by atoms with van der Waals surface area (Å²) in [6, 6.07) is 23.2. The van der Waals surface area contributed by atoms with Crippen molar-refractivity contribution in [2.24, 2.45) is 0 Å². The molecule has 0 fully saturated rings. The number of benzene rings is 3. The van der Waals surface area contributed by atoms with E-state index in [0.717, 1.165) is 22.4 Å². The molecule has 1 N–H and O–H groups in total. The molecule has 0 saturated heterocycles. The van der Waals surface area contributed by atoms with Crippen molar-refractivity contribution in [3.8, 4) is 17.2 Å². The largest absolute Gasteiger partial charge is 0.497 e. The lowest BCUT2D eigenvalue weighted by Crippen LogP contribution is -2.24. The number of nitrogens with one attached hydrogen (secondary N) is 1. The average molecular weight is 391 g/mol. The summed E-state index contributed by atoms with van der Waals surface area (Å²) in [6.07, 6.45) is 0.213. The SMILES string of the molecule is COc1ccc(OC)c(CC(=O)NCc2cccc(OCc3ccccc3)c2)c1. The molecule has 0 aliphatic rings. The summed E-state index contributed by atoms with van der Waals surface area (Å²) in [5.74, 6) is 2.04. The molecule has 0 unspecified atom stereocenters. The Labute approximate surface area is 171 Å². The number of amides is 1. The lowest BCUT2D eigenvalue weighted by molar-refractivity contribution is -0.120. The second-order valence-corrected chi connectivity index (χ2v) is 6.55. The Bertz CT molecular complexity index is 941. The summed E-state index contributed by atoms with van der Waals surface area (Å²) in [6.45, 7) is 0.930. The van der Waals surface area contributed by atoms with Crippen molar-refractivity contribution in [3.63, 3.8) is 0 Å². The van der Waals surface area contributed by atoms with Crippen LogP contribution in [-0.4, -0.2) is 20.1 Å². The topological polar surface area (TPSA) is 56.8 Å². The van der Waals surface area contributed by atoms with Crippen molar-refractivity contribution in [1.82, 2.24) is 5.32 Å². The van der Waals surface area contributed by atoms with Crippen molar-refractivity contribution in [1.29, 1.82) is 0 Å². The maximum Gasteiger partial charge on any atom is 0.224 e. The van der Waals surface area contributed by atoms with Crippen LogP contribution in [0.15, 0.2) is 72.8 Å². The second-order valence-electron chi connectivity index (χ2n) is 6.55. The maximum atomic E-state index is 12.4. The molecule has 1 amide bonds. The highest BCUT2D eigenvalue weighted by Gasteiger charge is 2.10. The van der Waals surface area contributed by atoms with Crippen LogP contribution in [0.1, 0.15) is 16.7 Å². The van der Waals surface area contributed by atoms with Gasteiger partial charge in [-0.25, -0.2) is 0 Å². The van der Waals surface area contributed by atoms with E-state index < -0.39 is 0 Å². The van der Waals surface area contributed by atoms with E-state index in [4.69, 9.17) is 14.2 Å². The van der Waals surface area contributed by atoms with Gasteiger partial charge < -0.3 is 19.5 Å². The van der Waals surface area contributed by atoms with Gasteiger partial charge in [0, 0.05) is 12.1 Å². The zero-order chi connectivity index (χ0) is 20.5. The number of rotatable bonds is 9. The van der Waals surface area contributed by atoms with Crippen LogP contribution < -0.4 is 19.5 Å². The van der Waals surface area contributed by atoms with Crippen LogP contribution >= 0.6 is 0 Å². The minimum atomic E-state index is -0.0906. The zero-order valence-electron chi connectivity index (χ0n) is 16.7. The number of ether oxygens (including phenoxy) is 3. The minimum absolute atomic E-state index is 0.0906. The monoisotopic (exact) mass is 391 g/mol. The van der Waals surface area contributed by atoms with E-state index in [2.05, 4.69) is 5.32 Å². The molecule has 0 aliphatic heterocycles. The Hall–Kier alpha value is -3.47.